The number of nitrogens with one attached hydrogen (secondary N) is 1. The van der Waals surface area contributed by atoms with Crippen molar-refractivity contribution >= 4 is 0 Å². The molecule has 0 saturated carbocycles. The maximum atomic E-state index is 5.69. The Hall–Kier alpha value is -0.900. The Labute approximate surface area is 129 Å². The summed E-state index contributed by atoms with van der Waals surface area (Å²) in [5.41, 5.74) is 2.89. The van der Waals surface area contributed by atoms with Crippen LogP contribution in [0.25, 0.3) is 0 Å². The summed E-state index contributed by atoms with van der Waals surface area (Å²) in [6, 6.07) is 9.49. The molecule has 1 aromatic carbocycles. The summed E-state index contributed by atoms with van der Waals surface area (Å²) in [5.74, 6) is 0. The van der Waals surface area contributed by atoms with Gasteiger partial charge >= 0.3 is 0 Å². The summed E-state index contributed by atoms with van der Waals surface area (Å²) in [7, 11) is 0. The van der Waals surface area contributed by atoms with Gasteiger partial charge in [0.15, 0.2) is 0 Å². The molecule has 0 spiro atoms. The molecular weight excluding hydrogens is 260 g/mol. The van der Waals surface area contributed by atoms with E-state index in [9.17, 15) is 0 Å². The van der Waals surface area contributed by atoms with E-state index in [1.165, 1.54) is 11.1 Å². The summed E-state index contributed by atoms with van der Waals surface area (Å²) in [5, 5.41) is 3.52. The molecule has 1 saturated heterocycles. The third-order valence-electron chi connectivity index (χ3n) is 3.97. The summed E-state index contributed by atoms with van der Waals surface area (Å²) in [6.45, 7) is 14.8. The highest BCUT2D eigenvalue weighted by atomic mass is 16.5. The Morgan fingerprint density at radius 2 is 1.76 bits per heavy atom. The highest BCUT2D eigenvalue weighted by molar-refractivity contribution is 5.22. The Bertz CT molecular complexity index is 436. The van der Waals surface area contributed by atoms with Gasteiger partial charge in [-0.1, -0.05) is 24.3 Å². The second-order valence-corrected chi connectivity index (χ2v) is 7.34. The van der Waals surface area contributed by atoms with Crippen molar-refractivity contribution in [3.8, 4) is 0 Å². The van der Waals surface area contributed by atoms with E-state index >= 15 is 0 Å². The number of rotatable bonds is 4. The molecule has 2 unspecified atom stereocenters. The van der Waals surface area contributed by atoms with Crippen molar-refractivity contribution in [2.75, 3.05) is 13.2 Å². The van der Waals surface area contributed by atoms with Crippen molar-refractivity contribution in [2.45, 2.75) is 65.4 Å². The highest BCUT2D eigenvalue weighted by Gasteiger charge is 2.23. The third kappa shape index (κ3) is 5.42. The van der Waals surface area contributed by atoms with Crippen LogP contribution in [0.3, 0.4) is 0 Å². The number of ether oxygens (including phenoxy) is 1. The molecule has 0 aromatic heterocycles. The van der Waals surface area contributed by atoms with Crippen LogP contribution >= 0.6 is 0 Å². The van der Waals surface area contributed by atoms with Gasteiger partial charge in [0.05, 0.1) is 12.7 Å². The van der Waals surface area contributed by atoms with Crippen molar-refractivity contribution in [1.29, 1.82) is 0 Å². The molecule has 2 rings (SSSR count). The van der Waals surface area contributed by atoms with Gasteiger partial charge in [-0.2, -0.15) is 0 Å². The molecule has 0 radical (unpaired) electrons. The van der Waals surface area contributed by atoms with Crippen LogP contribution in [0.4, 0.5) is 0 Å². The smallest absolute Gasteiger partial charge is 0.0674 e. The molecule has 1 heterocycles. The number of morpholine rings is 1. The largest absolute Gasteiger partial charge is 0.376 e. The normalized spacial score (nSPS) is 24.2. The minimum atomic E-state index is 0.165. The van der Waals surface area contributed by atoms with E-state index in [0.29, 0.717) is 12.1 Å². The van der Waals surface area contributed by atoms with Gasteiger partial charge in [0.25, 0.3) is 0 Å². The highest BCUT2D eigenvalue weighted by Crippen LogP contribution is 2.16. The molecule has 1 aliphatic heterocycles. The van der Waals surface area contributed by atoms with Crippen LogP contribution in [0, 0.1) is 0 Å². The fourth-order valence-corrected chi connectivity index (χ4v) is 2.56. The monoisotopic (exact) mass is 290 g/mol. The fraction of sp³-hybridized carbons (Fsp3) is 0.667. The molecule has 1 N–H and O–H groups in total. The van der Waals surface area contributed by atoms with Crippen molar-refractivity contribution < 1.29 is 4.74 Å². The zero-order valence-electron chi connectivity index (χ0n) is 14.1. The second kappa shape index (κ2) is 6.91. The van der Waals surface area contributed by atoms with Crippen LogP contribution in [0.2, 0.25) is 0 Å². The van der Waals surface area contributed by atoms with Crippen LogP contribution in [0.15, 0.2) is 24.3 Å². The quantitative estimate of drug-likeness (QED) is 0.921. The number of hydrogen-bond donors (Lipinski definition) is 1. The molecule has 0 amide bonds. The molecule has 0 aliphatic carbocycles. The predicted molar refractivity (Wildman–Crippen MR) is 88.3 cm³/mol. The molecule has 2 atom stereocenters. The molecule has 1 aliphatic rings. The third-order valence-corrected chi connectivity index (χ3v) is 3.97. The Kier molecular flexibility index (Phi) is 5.42. The van der Waals surface area contributed by atoms with Gasteiger partial charge in [0, 0.05) is 31.2 Å². The predicted octanol–water partition coefficient (Wildman–Crippen LogP) is 3.18. The van der Waals surface area contributed by atoms with E-state index in [-0.39, 0.29) is 5.54 Å². The van der Waals surface area contributed by atoms with Crippen molar-refractivity contribution in [3.63, 3.8) is 0 Å². The molecule has 1 aromatic rings. The Morgan fingerprint density at radius 1 is 1.14 bits per heavy atom. The molecule has 118 valence electrons. The maximum absolute atomic E-state index is 5.69. The standard InChI is InChI=1S/C18H30N2O/c1-14-13-21-15(2)11-20(14)12-17-8-6-16(7-9-17)10-19-18(3,4)5/h6-9,14-15,19H,10-13H2,1-5H3. The van der Waals surface area contributed by atoms with Crippen LogP contribution in [0.5, 0.6) is 0 Å². The first-order chi connectivity index (χ1) is 9.83. The van der Waals surface area contributed by atoms with Crippen LogP contribution in [-0.4, -0.2) is 35.7 Å². The molecule has 3 heteroatoms. The lowest BCUT2D eigenvalue weighted by Gasteiger charge is -2.36. The van der Waals surface area contributed by atoms with Gasteiger partial charge in [-0.05, 0) is 45.7 Å². The van der Waals surface area contributed by atoms with E-state index in [2.05, 4.69) is 69.1 Å². The lowest BCUT2D eigenvalue weighted by molar-refractivity contribution is -0.0526. The van der Waals surface area contributed by atoms with Gasteiger partial charge < -0.3 is 10.1 Å². The fourth-order valence-electron chi connectivity index (χ4n) is 2.56. The Morgan fingerprint density at radius 3 is 2.38 bits per heavy atom. The van der Waals surface area contributed by atoms with Gasteiger partial charge in [0.1, 0.15) is 0 Å². The van der Waals surface area contributed by atoms with Crippen LogP contribution in [-0.2, 0) is 17.8 Å². The number of hydrogen-bond acceptors (Lipinski definition) is 3. The SMILES string of the molecule is CC1CN(Cc2ccc(CNC(C)(C)C)cc2)C(C)CO1. The second-order valence-electron chi connectivity index (χ2n) is 7.34. The molecule has 0 bridgehead atoms. The zero-order chi connectivity index (χ0) is 15.5. The first-order valence-electron chi connectivity index (χ1n) is 8.02. The van der Waals surface area contributed by atoms with E-state index in [1.807, 2.05) is 0 Å². The lowest BCUT2D eigenvalue weighted by Crippen LogP contribution is -2.46. The van der Waals surface area contributed by atoms with Gasteiger partial charge in [-0.25, -0.2) is 0 Å². The molecule has 3 nitrogen and oxygen atoms in total. The van der Waals surface area contributed by atoms with Crippen molar-refractivity contribution in [1.82, 2.24) is 10.2 Å². The lowest BCUT2D eigenvalue weighted by atomic mass is 10.1. The average molecular weight is 290 g/mol. The minimum Gasteiger partial charge on any atom is -0.376 e. The first kappa shape index (κ1) is 16.5. The van der Waals surface area contributed by atoms with E-state index < -0.39 is 0 Å². The van der Waals surface area contributed by atoms with Crippen LogP contribution < -0.4 is 5.32 Å². The van der Waals surface area contributed by atoms with E-state index in [1.54, 1.807) is 0 Å². The average Bonchev–Trinajstić information content (AvgIpc) is 2.41. The van der Waals surface area contributed by atoms with Crippen molar-refractivity contribution in [3.05, 3.63) is 35.4 Å². The van der Waals surface area contributed by atoms with Crippen LogP contribution in [0.1, 0.15) is 45.7 Å². The summed E-state index contributed by atoms with van der Waals surface area (Å²) >= 11 is 0. The Balaban J connectivity index is 1.90. The van der Waals surface area contributed by atoms with Crippen molar-refractivity contribution in [2.24, 2.45) is 0 Å². The minimum absolute atomic E-state index is 0.165. The summed E-state index contributed by atoms with van der Waals surface area (Å²) in [6.07, 6.45) is 0.344. The molecular formula is C18H30N2O. The summed E-state index contributed by atoms with van der Waals surface area (Å²) in [4.78, 5) is 2.51. The zero-order valence-corrected chi connectivity index (χ0v) is 14.1. The van der Waals surface area contributed by atoms with Gasteiger partial charge in [0.2, 0.25) is 0 Å². The van der Waals surface area contributed by atoms with Gasteiger partial charge in [-0.15, -0.1) is 0 Å². The number of benzene rings is 1. The van der Waals surface area contributed by atoms with Gasteiger partial charge in [-0.3, -0.25) is 4.90 Å². The maximum Gasteiger partial charge on any atom is 0.0674 e. The topological polar surface area (TPSA) is 24.5 Å². The summed E-state index contributed by atoms with van der Waals surface area (Å²) < 4.78 is 5.69. The van der Waals surface area contributed by atoms with E-state index in [0.717, 1.165) is 26.2 Å². The first-order valence-corrected chi connectivity index (χ1v) is 8.02. The van der Waals surface area contributed by atoms with E-state index in [4.69, 9.17) is 4.74 Å². The molecule has 21 heavy (non-hydrogen) atoms. The number of nitrogens with zero attached hydrogens (tertiary/aromatic N) is 1. The molecule has 1 fully saturated rings.